The maximum Gasteiger partial charge on any atom is 0.226 e. The molecule has 70 valence electrons. The zero-order valence-electron chi connectivity index (χ0n) is 7.11. The Morgan fingerprint density at radius 3 is 2.93 bits per heavy atom. The van der Waals surface area contributed by atoms with Gasteiger partial charge in [-0.15, -0.1) is 0 Å². The second-order valence-electron chi connectivity index (χ2n) is 2.70. The van der Waals surface area contributed by atoms with E-state index >= 15 is 0 Å². The van der Waals surface area contributed by atoms with Crippen LogP contribution < -0.4 is 0 Å². The molecule has 0 aliphatic rings. The summed E-state index contributed by atoms with van der Waals surface area (Å²) >= 11 is 5.80. The van der Waals surface area contributed by atoms with Gasteiger partial charge in [-0.3, -0.25) is 4.79 Å². The van der Waals surface area contributed by atoms with E-state index in [4.69, 9.17) is 16.0 Å². The van der Waals surface area contributed by atoms with E-state index in [-0.39, 0.29) is 5.76 Å². The first-order valence-electron chi connectivity index (χ1n) is 3.96. The molecule has 0 spiro atoms. The molecule has 0 atom stereocenters. The van der Waals surface area contributed by atoms with Gasteiger partial charge in [0.1, 0.15) is 0 Å². The molecule has 0 N–H and O–H groups in total. The highest BCUT2D eigenvalue weighted by molar-refractivity contribution is 6.30. The second-order valence-corrected chi connectivity index (χ2v) is 3.13. The standard InChI is InChI=1S/C10H6ClNO2/c11-8-3-1-2-7(4-8)10-12-5-9(6-13)14-10/h1-6H. The molecule has 4 heteroatoms. The molecule has 0 amide bonds. The van der Waals surface area contributed by atoms with E-state index in [2.05, 4.69) is 4.98 Å². The van der Waals surface area contributed by atoms with Gasteiger partial charge in [0.2, 0.25) is 5.89 Å². The number of hydrogen-bond acceptors (Lipinski definition) is 3. The zero-order valence-corrected chi connectivity index (χ0v) is 7.86. The Morgan fingerprint density at radius 1 is 1.43 bits per heavy atom. The summed E-state index contributed by atoms with van der Waals surface area (Å²) in [5, 5.41) is 0.605. The Hall–Kier alpha value is -1.61. The van der Waals surface area contributed by atoms with Crippen molar-refractivity contribution in [2.75, 3.05) is 0 Å². The van der Waals surface area contributed by atoms with Crippen LogP contribution in [0.4, 0.5) is 0 Å². The normalized spacial score (nSPS) is 10.1. The minimum Gasteiger partial charge on any atom is -0.433 e. The zero-order chi connectivity index (χ0) is 9.97. The molecular formula is C10H6ClNO2. The molecule has 14 heavy (non-hydrogen) atoms. The van der Waals surface area contributed by atoms with Gasteiger partial charge in [0, 0.05) is 10.6 Å². The summed E-state index contributed by atoms with van der Waals surface area (Å²) in [5.74, 6) is 0.606. The molecule has 0 radical (unpaired) electrons. The van der Waals surface area contributed by atoms with Crippen LogP contribution in [0.3, 0.4) is 0 Å². The Balaban J connectivity index is 2.43. The summed E-state index contributed by atoms with van der Waals surface area (Å²) in [6, 6.07) is 7.09. The molecule has 2 rings (SSSR count). The number of carbonyl (C=O) groups is 1. The van der Waals surface area contributed by atoms with Crippen LogP contribution in [0.25, 0.3) is 11.5 Å². The van der Waals surface area contributed by atoms with Gasteiger partial charge in [0.15, 0.2) is 12.0 Å². The van der Waals surface area contributed by atoms with E-state index in [0.29, 0.717) is 17.2 Å². The third-order valence-electron chi connectivity index (χ3n) is 1.71. The van der Waals surface area contributed by atoms with Gasteiger partial charge < -0.3 is 4.42 Å². The first kappa shape index (κ1) is 8.97. The molecule has 0 saturated carbocycles. The number of aldehydes is 1. The number of carbonyl (C=O) groups excluding carboxylic acids is 1. The van der Waals surface area contributed by atoms with Crippen LogP contribution in [-0.2, 0) is 0 Å². The van der Waals surface area contributed by atoms with Gasteiger partial charge in [-0.25, -0.2) is 4.98 Å². The van der Waals surface area contributed by atoms with Crippen molar-refractivity contribution in [3.8, 4) is 11.5 Å². The van der Waals surface area contributed by atoms with Crippen molar-refractivity contribution in [1.82, 2.24) is 4.98 Å². The number of aromatic nitrogens is 1. The third kappa shape index (κ3) is 1.67. The van der Waals surface area contributed by atoms with Gasteiger partial charge in [0.05, 0.1) is 6.20 Å². The predicted molar refractivity (Wildman–Crippen MR) is 52.3 cm³/mol. The van der Waals surface area contributed by atoms with Crippen LogP contribution in [0.5, 0.6) is 0 Å². The van der Waals surface area contributed by atoms with Crippen molar-refractivity contribution in [1.29, 1.82) is 0 Å². The lowest BCUT2D eigenvalue weighted by Crippen LogP contribution is -1.75. The van der Waals surface area contributed by atoms with Crippen LogP contribution in [0.1, 0.15) is 10.6 Å². The summed E-state index contributed by atoms with van der Waals surface area (Å²) in [7, 11) is 0. The van der Waals surface area contributed by atoms with E-state index in [1.165, 1.54) is 6.20 Å². The monoisotopic (exact) mass is 207 g/mol. The van der Waals surface area contributed by atoms with Crippen molar-refractivity contribution < 1.29 is 9.21 Å². The smallest absolute Gasteiger partial charge is 0.226 e. The fourth-order valence-corrected chi connectivity index (χ4v) is 1.29. The summed E-state index contributed by atoms with van der Waals surface area (Å²) in [6.45, 7) is 0. The average Bonchev–Trinajstić information content (AvgIpc) is 2.66. The Bertz CT molecular complexity index is 465. The number of nitrogens with zero attached hydrogens (tertiary/aromatic N) is 1. The summed E-state index contributed by atoms with van der Waals surface area (Å²) < 4.78 is 5.14. The number of rotatable bonds is 2. The SMILES string of the molecule is O=Cc1cnc(-c2cccc(Cl)c2)o1. The molecule has 0 aliphatic heterocycles. The van der Waals surface area contributed by atoms with Crippen molar-refractivity contribution in [3.05, 3.63) is 41.2 Å². The van der Waals surface area contributed by atoms with E-state index in [9.17, 15) is 4.79 Å². The first-order valence-corrected chi connectivity index (χ1v) is 4.34. The Morgan fingerprint density at radius 2 is 2.29 bits per heavy atom. The molecule has 1 heterocycles. The maximum absolute atomic E-state index is 10.4. The summed E-state index contributed by atoms with van der Waals surface area (Å²) in [4.78, 5) is 14.3. The van der Waals surface area contributed by atoms with Crippen molar-refractivity contribution in [3.63, 3.8) is 0 Å². The van der Waals surface area contributed by atoms with Gasteiger partial charge in [-0.05, 0) is 18.2 Å². The molecule has 0 fully saturated rings. The molecule has 3 nitrogen and oxygen atoms in total. The van der Waals surface area contributed by atoms with Gasteiger partial charge in [-0.1, -0.05) is 17.7 Å². The molecule has 0 saturated heterocycles. The van der Waals surface area contributed by atoms with Gasteiger partial charge in [-0.2, -0.15) is 0 Å². The fourth-order valence-electron chi connectivity index (χ4n) is 1.10. The van der Waals surface area contributed by atoms with Crippen molar-refractivity contribution >= 4 is 17.9 Å². The molecule has 2 aromatic rings. The number of hydrogen-bond donors (Lipinski definition) is 0. The topological polar surface area (TPSA) is 43.1 Å². The summed E-state index contributed by atoms with van der Waals surface area (Å²) in [5.41, 5.74) is 0.755. The van der Waals surface area contributed by atoms with E-state index in [0.717, 1.165) is 5.56 Å². The van der Waals surface area contributed by atoms with Crippen LogP contribution in [0.15, 0.2) is 34.9 Å². The second kappa shape index (κ2) is 3.64. The maximum atomic E-state index is 10.4. The van der Waals surface area contributed by atoms with Crippen LogP contribution in [-0.4, -0.2) is 11.3 Å². The first-order chi connectivity index (χ1) is 6.79. The number of benzene rings is 1. The highest BCUT2D eigenvalue weighted by atomic mass is 35.5. The minimum absolute atomic E-state index is 0.208. The molecule has 0 bridgehead atoms. The predicted octanol–water partition coefficient (Wildman–Crippen LogP) is 2.81. The minimum atomic E-state index is 0.208. The van der Waals surface area contributed by atoms with Crippen LogP contribution >= 0.6 is 11.6 Å². The van der Waals surface area contributed by atoms with Crippen LogP contribution in [0.2, 0.25) is 5.02 Å². The Labute approximate surface area is 85.3 Å². The fraction of sp³-hybridized carbons (Fsp3) is 0. The lowest BCUT2D eigenvalue weighted by Gasteiger charge is -1.94. The Kier molecular flexibility index (Phi) is 2.33. The van der Waals surface area contributed by atoms with Gasteiger partial charge in [0.25, 0.3) is 0 Å². The van der Waals surface area contributed by atoms with E-state index in [1.54, 1.807) is 18.2 Å². The van der Waals surface area contributed by atoms with Crippen molar-refractivity contribution in [2.45, 2.75) is 0 Å². The highest BCUT2D eigenvalue weighted by Crippen LogP contribution is 2.21. The van der Waals surface area contributed by atoms with Gasteiger partial charge >= 0.3 is 0 Å². The van der Waals surface area contributed by atoms with Crippen LogP contribution in [0, 0.1) is 0 Å². The highest BCUT2D eigenvalue weighted by Gasteiger charge is 2.05. The summed E-state index contributed by atoms with van der Waals surface area (Å²) in [6.07, 6.45) is 1.99. The average molecular weight is 208 g/mol. The van der Waals surface area contributed by atoms with E-state index < -0.39 is 0 Å². The lowest BCUT2D eigenvalue weighted by atomic mass is 10.2. The quantitative estimate of drug-likeness (QED) is 0.712. The molecule has 0 aliphatic carbocycles. The molecular weight excluding hydrogens is 202 g/mol. The molecule has 1 aromatic carbocycles. The van der Waals surface area contributed by atoms with E-state index in [1.807, 2.05) is 6.07 Å². The largest absolute Gasteiger partial charge is 0.433 e. The molecule has 1 aromatic heterocycles. The number of oxazole rings is 1. The third-order valence-corrected chi connectivity index (χ3v) is 1.95. The van der Waals surface area contributed by atoms with Crippen molar-refractivity contribution in [2.24, 2.45) is 0 Å². The molecule has 0 unspecified atom stereocenters. The number of halogens is 1. The lowest BCUT2D eigenvalue weighted by molar-refractivity contribution is 0.110.